The molecule has 0 aromatic heterocycles. The van der Waals surface area contributed by atoms with Crippen molar-refractivity contribution in [2.75, 3.05) is 28.9 Å². The van der Waals surface area contributed by atoms with Crippen LogP contribution in [0.1, 0.15) is 17.5 Å². The molecule has 3 aromatic rings. The fourth-order valence-corrected chi connectivity index (χ4v) is 7.08. The zero-order chi connectivity index (χ0) is 27.3. The topological polar surface area (TPSA) is 83.5 Å². The molecule has 3 aliphatic rings. The first-order chi connectivity index (χ1) is 18.9. The average molecular weight is 547 g/mol. The maximum Gasteiger partial charge on any atom is 0.294 e. The van der Waals surface area contributed by atoms with E-state index in [0.29, 0.717) is 34.7 Å². The van der Waals surface area contributed by atoms with Gasteiger partial charge in [0.1, 0.15) is 29.4 Å². The summed E-state index contributed by atoms with van der Waals surface area (Å²) in [6.45, 7) is 0.0370. The maximum atomic E-state index is 14.7. The van der Waals surface area contributed by atoms with Gasteiger partial charge in [-0.3, -0.25) is 14.4 Å². The summed E-state index contributed by atoms with van der Waals surface area (Å²) >= 11 is 1.67. The van der Waals surface area contributed by atoms with Gasteiger partial charge in [-0.15, -0.1) is 0 Å². The summed E-state index contributed by atoms with van der Waals surface area (Å²) in [6.07, 6.45) is 2.67. The van der Waals surface area contributed by atoms with Gasteiger partial charge in [-0.25, -0.2) is 9.29 Å². The highest BCUT2D eigenvalue weighted by atomic mass is 32.2. The molecule has 4 atom stereocenters. The molecule has 39 heavy (non-hydrogen) atoms. The molecule has 0 saturated carbocycles. The van der Waals surface area contributed by atoms with Gasteiger partial charge >= 0.3 is 0 Å². The molecule has 2 N–H and O–H groups in total. The summed E-state index contributed by atoms with van der Waals surface area (Å²) in [5.74, 6) is -1.47. The van der Waals surface area contributed by atoms with Gasteiger partial charge in [-0.2, -0.15) is 11.8 Å². The number of carbonyl (C=O) groups excluding carboxylic acids is 3. The molecule has 2 fully saturated rings. The fourth-order valence-electron chi connectivity index (χ4n) is 6.57. The van der Waals surface area contributed by atoms with Gasteiger partial charge in [0.15, 0.2) is 0 Å². The molecule has 7 nitrogen and oxygen atoms in total. The molecule has 9 heteroatoms. The van der Waals surface area contributed by atoms with Crippen molar-refractivity contribution >= 4 is 40.9 Å². The second-order valence-electron chi connectivity index (χ2n) is 10.2. The van der Waals surface area contributed by atoms with Crippen molar-refractivity contribution in [1.29, 1.82) is 0 Å². The zero-order valence-electron chi connectivity index (χ0n) is 21.7. The summed E-state index contributed by atoms with van der Waals surface area (Å²) < 4.78 is 19.9. The van der Waals surface area contributed by atoms with Crippen molar-refractivity contribution in [3.05, 3.63) is 89.7 Å². The lowest BCUT2D eigenvalue weighted by Gasteiger charge is -2.27. The van der Waals surface area contributed by atoms with E-state index in [2.05, 4.69) is 0 Å². The van der Waals surface area contributed by atoms with E-state index in [-0.39, 0.29) is 30.3 Å². The molecule has 3 aromatic carbocycles. The Morgan fingerprint density at radius 1 is 0.974 bits per heavy atom. The second-order valence-corrected chi connectivity index (χ2v) is 11.2. The Labute approximate surface area is 230 Å². The minimum atomic E-state index is -1.30. The van der Waals surface area contributed by atoms with Crippen LogP contribution in [0, 0.1) is 17.7 Å². The van der Waals surface area contributed by atoms with Crippen molar-refractivity contribution in [3.8, 4) is 5.75 Å². The van der Waals surface area contributed by atoms with Crippen molar-refractivity contribution in [1.82, 2.24) is 0 Å². The second kappa shape index (κ2) is 9.81. The first-order valence-electron chi connectivity index (χ1n) is 12.9. The molecule has 0 unspecified atom stereocenters. The molecule has 0 bridgehead atoms. The van der Waals surface area contributed by atoms with Gasteiger partial charge in [0.05, 0.1) is 25.0 Å². The lowest BCUT2D eigenvalue weighted by Crippen LogP contribution is -2.99. The summed E-state index contributed by atoms with van der Waals surface area (Å²) in [6, 6.07) is 20.3. The van der Waals surface area contributed by atoms with Crippen LogP contribution in [-0.4, -0.2) is 42.9 Å². The number of rotatable bonds is 7. The van der Waals surface area contributed by atoms with E-state index in [0.717, 1.165) is 5.75 Å². The van der Waals surface area contributed by atoms with Crippen molar-refractivity contribution in [3.63, 3.8) is 0 Å². The number of thioether (sulfide) groups is 1. The van der Waals surface area contributed by atoms with E-state index in [4.69, 9.17) is 4.74 Å². The molecule has 2 saturated heterocycles. The number of halogens is 1. The van der Waals surface area contributed by atoms with Gasteiger partial charge in [0, 0.05) is 17.5 Å². The molecule has 3 aliphatic heterocycles. The maximum absolute atomic E-state index is 14.7. The van der Waals surface area contributed by atoms with E-state index < -0.39 is 23.2 Å². The number of hydrogen-bond donors (Lipinski definition) is 1. The van der Waals surface area contributed by atoms with Crippen molar-refractivity contribution in [2.45, 2.75) is 24.5 Å². The van der Waals surface area contributed by atoms with Crippen LogP contribution in [0.25, 0.3) is 0 Å². The monoisotopic (exact) mass is 546 g/mol. The Morgan fingerprint density at radius 2 is 1.69 bits per heavy atom. The minimum absolute atomic E-state index is 0.0370. The predicted octanol–water partition coefficient (Wildman–Crippen LogP) is 3.08. The number of quaternary nitrogens is 1. The number of ether oxygens (including phenoxy) is 1. The number of carbonyl (C=O) groups is 3. The van der Waals surface area contributed by atoms with E-state index >= 15 is 0 Å². The van der Waals surface area contributed by atoms with Crippen LogP contribution < -0.4 is 19.9 Å². The highest BCUT2D eigenvalue weighted by Crippen LogP contribution is 2.52. The van der Waals surface area contributed by atoms with Gasteiger partial charge in [-0.1, -0.05) is 36.4 Å². The van der Waals surface area contributed by atoms with Crippen LogP contribution in [0.4, 0.5) is 15.8 Å². The molecular weight excluding hydrogens is 517 g/mol. The molecule has 200 valence electrons. The van der Waals surface area contributed by atoms with Crippen LogP contribution in [0.5, 0.6) is 5.75 Å². The summed E-state index contributed by atoms with van der Waals surface area (Å²) in [5.41, 5.74) is 0.893. The van der Waals surface area contributed by atoms with E-state index in [1.807, 2.05) is 35.8 Å². The van der Waals surface area contributed by atoms with E-state index in [1.54, 1.807) is 66.2 Å². The Hall–Kier alpha value is -3.69. The zero-order valence-corrected chi connectivity index (χ0v) is 22.5. The number of anilines is 2. The van der Waals surface area contributed by atoms with Crippen molar-refractivity contribution < 1.29 is 28.8 Å². The molecule has 0 radical (unpaired) electrons. The van der Waals surface area contributed by atoms with Gasteiger partial charge < -0.3 is 15.0 Å². The average Bonchev–Trinajstić information content (AvgIpc) is 3.52. The summed E-state index contributed by atoms with van der Waals surface area (Å²) in [7, 11) is 1.55. The number of fused-ring (bicyclic) bond motifs is 4. The molecule has 6 rings (SSSR count). The molecule has 1 spiro atoms. The third-order valence-electron chi connectivity index (χ3n) is 8.29. The summed E-state index contributed by atoms with van der Waals surface area (Å²) in [4.78, 5) is 45.5. The highest BCUT2D eigenvalue weighted by Gasteiger charge is 2.75. The largest absolute Gasteiger partial charge is 0.497 e. The quantitative estimate of drug-likeness (QED) is 0.461. The molecular formula is C30H29FN3O4S+. The number of hydrogen-bond acceptors (Lipinski definition) is 5. The Kier molecular flexibility index (Phi) is 6.43. The Balaban J connectivity index is 1.46. The SMILES string of the molecule is COc1ccc(N2C(=O)[C@H]3[C@H](CCSC)[NH2+][C@@]4(C(=O)N(Cc5ccccc5F)c5ccccc54)[C@@H]3C2=O)cc1. The number of benzene rings is 3. The standard InChI is InChI=1S/C30H28FN3O4S/c1-38-20-13-11-19(12-14-20)34-27(35)25-23(15-16-39-2)32-30(26(25)28(34)36)21-8-4-6-10-24(21)33(29(30)37)17-18-7-3-5-9-22(18)31/h3-14,23,25-26,32H,15-17H2,1-2H3/p+1/t23-,25-,26-,30+/m0/s1. The van der Waals surface area contributed by atoms with Crippen molar-refractivity contribution in [2.24, 2.45) is 11.8 Å². The number of amides is 3. The third-order valence-corrected chi connectivity index (χ3v) is 8.94. The number of imide groups is 1. The lowest BCUT2D eigenvalue weighted by molar-refractivity contribution is -0.733. The smallest absolute Gasteiger partial charge is 0.294 e. The van der Waals surface area contributed by atoms with Crippen LogP contribution in [0.15, 0.2) is 72.8 Å². The fraction of sp³-hybridized carbons (Fsp3) is 0.300. The van der Waals surface area contributed by atoms with Crippen LogP contribution in [0.3, 0.4) is 0 Å². The first-order valence-corrected chi connectivity index (χ1v) is 14.3. The molecule has 3 amide bonds. The van der Waals surface area contributed by atoms with Gasteiger partial charge in [0.2, 0.25) is 17.4 Å². The highest BCUT2D eigenvalue weighted by molar-refractivity contribution is 7.98. The molecule has 3 heterocycles. The number of nitrogens with zero attached hydrogens (tertiary/aromatic N) is 2. The van der Waals surface area contributed by atoms with E-state index in [1.165, 1.54) is 11.0 Å². The van der Waals surface area contributed by atoms with Crippen LogP contribution in [0.2, 0.25) is 0 Å². The summed E-state index contributed by atoms with van der Waals surface area (Å²) in [5, 5.41) is 1.96. The minimum Gasteiger partial charge on any atom is -0.497 e. The Morgan fingerprint density at radius 3 is 2.41 bits per heavy atom. The first kappa shape index (κ1) is 25.6. The van der Waals surface area contributed by atoms with E-state index in [9.17, 15) is 18.8 Å². The lowest BCUT2D eigenvalue weighted by atomic mass is 9.76. The Bertz CT molecular complexity index is 1460. The normalized spacial score (nSPS) is 25.5. The van der Waals surface area contributed by atoms with Gasteiger partial charge in [-0.05, 0) is 48.4 Å². The molecule has 0 aliphatic carbocycles. The van der Waals surface area contributed by atoms with Crippen LogP contribution >= 0.6 is 11.8 Å². The predicted molar refractivity (Wildman–Crippen MR) is 147 cm³/mol. The number of para-hydroxylation sites is 1. The van der Waals surface area contributed by atoms with Crippen LogP contribution in [-0.2, 0) is 26.5 Å². The number of methoxy groups -OCH3 is 1. The number of nitrogens with two attached hydrogens (primary N) is 1. The third kappa shape index (κ3) is 3.78. The van der Waals surface area contributed by atoms with Gasteiger partial charge in [0.25, 0.3) is 5.91 Å².